The molecular weight excluding hydrogens is 401 g/mol. The number of rotatable bonds is 11. The van der Waals surface area contributed by atoms with Crippen LogP contribution in [0, 0.1) is 0 Å². The van der Waals surface area contributed by atoms with Crippen molar-refractivity contribution in [3.05, 3.63) is 23.4 Å². The second-order valence-corrected chi connectivity index (χ2v) is 7.58. The Morgan fingerprint density at radius 1 is 1.23 bits per heavy atom. The van der Waals surface area contributed by atoms with Gasteiger partial charge in [0, 0.05) is 18.4 Å². The third kappa shape index (κ3) is 5.71. The number of hydrogen-bond donors (Lipinski definition) is 2. The van der Waals surface area contributed by atoms with Crippen LogP contribution >= 0.6 is 0 Å². The number of aliphatic hydroxyl groups excluding tert-OH is 1. The van der Waals surface area contributed by atoms with E-state index in [2.05, 4.69) is 10.3 Å². The molecule has 0 aromatic carbocycles. The Kier molecular flexibility index (Phi) is 7.85. The molecule has 0 spiro atoms. The van der Waals surface area contributed by atoms with E-state index in [0.29, 0.717) is 12.8 Å². The maximum atomic E-state index is 12.8. The summed E-state index contributed by atoms with van der Waals surface area (Å²) < 4.78 is 42.9. The van der Waals surface area contributed by atoms with Gasteiger partial charge in [-0.3, -0.25) is 9.59 Å². The first-order valence-corrected chi connectivity index (χ1v) is 10.3. The molecule has 0 unspecified atom stereocenters. The van der Waals surface area contributed by atoms with Crippen molar-refractivity contribution in [2.24, 2.45) is 0 Å². The number of aliphatic hydroxyl groups is 1. The van der Waals surface area contributed by atoms with E-state index in [1.54, 1.807) is 13.0 Å². The van der Waals surface area contributed by atoms with Crippen molar-refractivity contribution in [3.8, 4) is 5.88 Å². The Labute approximate surface area is 174 Å². The molecule has 1 atom stereocenters. The Morgan fingerprint density at radius 3 is 2.37 bits per heavy atom. The molecular formula is C21H29F3N2O4. The number of carbonyl (C=O) groups is 2. The van der Waals surface area contributed by atoms with Crippen LogP contribution in [-0.2, 0) is 4.79 Å². The summed E-state index contributed by atoms with van der Waals surface area (Å²) in [6, 6.07) is 3.23. The van der Waals surface area contributed by atoms with Crippen LogP contribution in [0.4, 0.5) is 13.2 Å². The Balaban J connectivity index is 2.18. The molecule has 1 saturated carbocycles. The van der Waals surface area contributed by atoms with E-state index < -0.39 is 30.1 Å². The van der Waals surface area contributed by atoms with Gasteiger partial charge in [-0.25, -0.2) is 4.98 Å². The van der Waals surface area contributed by atoms with Gasteiger partial charge in [0.25, 0.3) is 5.91 Å². The fourth-order valence-electron chi connectivity index (χ4n) is 3.34. The van der Waals surface area contributed by atoms with Crippen LogP contribution in [0.25, 0.3) is 0 Å². The van der Waals surface area contributed by atoms with Crippen LogP contribution in [0.2, 0.25) is 0 Å². The number of nitrogens with zero attached hydrogens (tertiary/aromatic N) is 1. The fraction of sp³-hybridized carbons (Fsp3) is 0.667. The zero-order valence-corrected chi connectivity index (χ0v) is 17.5. The first-order chi connectivity index (χ1) is 14.1. The van der Waals surface area contributed by atoms with Crippen LogP contribution in [-0.4, -0.2) is 46.2 Å². The first-order valence-electron chi connectivity index (χ1n) is 10.3. The molecule has 1 aliphatic rings. The predicted octanol–water partition coefficient (Wildman–Crippen LogP) is 3.92. The van der Waals surface area contributed by atoms with Crippen molar-refractivity contribution >= 4 is 11.7 Å². The van der Waals surface area contributed by atoms with E-state index in [0.717, 1.165) is 18.4 Å². The van der Waals surface area contributed by atoms with Crippen molar-refractivity contribution in [2.45, 2.75) is 83.0 Å². The molecule has 6 nitrogen and oxygen atoms in total. The van der Waals surface area contributed by atoms with Gasteiger partial charge in [-0.15, -0.1) is 0 Å². The number of pyridine rings is 1. The predicted molar refractivity (Wildman–Crippen MR) is 104 cm³/mol. The monoisotopic (exact) mass is 430 g/mol. The molecule has 30 heavy (non-hydrogen) atoms. The van der Waals surface area contributed by atoms with E-state index in [1.165, 1.54) is 6.07 Å². The van der Waals surface area contributed by atoms with Crippen LogP contribution in [0.1, 0.15) is 81.3 Å². The number of carbonyl (C=O) groups excluding carboxylic acids is 2. The molecule has 0 bridgehead atoms. The topological polar surface area (TPSA) is 88.5 Å². The number of Topliss-reactive ketones (excluding diaryl/α,β-unsaturated/α-hetero) is 1. The van der Waals surface area contributed by atoms with Crippen molar-refractivity contribution in [2.75, 3.05) is 6.61 Å². The maximum Gasteiger partial charge on any atom is 0.414 e. The summed E-state index contributed by atoms with van der Waals surface area (Å²) in [4.78, 5) is 29.4. The molecule has 1 heterocycles. The number of ketones is 1. The number of hydrogen-bond acceptors (Lipinski definition) is 5. The lowest BCUT2D eigenvalue weighted by atomic mass is 9.86. The zero-order valence-electron chi connectivity index (χ0n) is 17.5. The third-order valence-electron chi connectivity index (χ3n) is 5.56. The lowest BCUT2D eigenvalue weighted by molar-refractivity contribution is -0.206. The number of ether oxygens (including phenoxy) is 1. The third-order valence-corrected chi connectivity index (χ3v) is 5.56. The van der Waals surface area contributed by atoms with Crippen LogP contribution in [0.15, 0.2) is 12.1 Å². The summed E-state index contributed by atoms with van der Waals surface area (Å²) >= 11 is 0. The highest BCUT2D eigenvalue weighted by Gasteiger charge is 2.38. The number of amides is 1. The molecule has 1 aromatic heterocycles. The minimum Gasteiger partial charge on any atom is -0.477 e. The summed E-state index contributed by atoms with van der Waals surface area (Å²) in [5.41, 5.74) is -0.226. The van der Waals surface area contributed by atoms with E-state index in [1.807, 2.05) is 13.8 Å². The van der Waals surface area contributed by atoms with E-state index in [9.17, 15) is 22.8 Å². The number of nitrogens with one attached hydrogen (secondary N) is 1. The summed E-state index contributed by atoms with van der Waals surface area (Å²) in [7, 11) is 0. The van der Waals surface area contributed by atoms with Gasteiger partial charge in [-0.05, 0) is 37.7 Å². The molecule has 0 aliphatic heterocycles. The molecule has 1 amide bonds. The lowest BCUT2D eigenvalue weighted by Crippen LogP contribution is -2.53. The van der Waals surface area contributed by atoms with Gasteiger partial charge in [-0.1, -0.05) is 26.8 Å². The highest BCUT2D eigenvalue weighted by atomic mass is 19.4. The van der Waals surface area contributed by atoms with Crippen molar-refractivity contribution in [1.82, 2.24) is 10.3 Å². The molecule has 0 radical (unpaired) electrons. The number of halogens is 3. The molecule has 168 valence electrons. The molecule has 2 rings (SSSR count). The van der Waals surface area contributed by atoms with E-state index >= 15 is 0 Å². The maximum absolute atomic E-state index is 12.8. The van der Waals surface area contributed by atoms with Gasteiger partial charge < -0.3 is 15.2 Å². The van der Waals surface area contributed by atoms with Crippen molar-refractivity contribution in [3.63, 3.8) is 0 Å². The standard InChI is InChI=1S/C21H29F3N2O4/c1-4-16(27)20(5-2,6-3)26-18(29)15-10-9-14(13-7-8-13)19(25-15)30-12-11-17(28)21(22,23)24/h9-10,13,17,28H,4-8,11-12H2,1-3H3,(H,26,29)/t17-/m0/s1. The molecule has 1 aromatic rings. The highest BCUT2D eigenvalue weighted by molar-refractivity contribution is 5.98. The minimum atomic E-state index is -4.71. The fourth-order valence-corrected chi connectivity index (χ4v) is 3.34. The molecule has 1 fully saturated rings. The second kappa shape index (κ2) is 9.76. The normalized spacial score (nSPS) is 15.6. The van der Waals surface area contributed by atoms with E-state index in [-0.39, 0.29) is 36.3 Å². The quantitative estimate of drug-likeness (QED) is 0.556. The van der Waals surface area contributed by atoms with Crippen molar-refractivity contribution < 1.29 is 32.6 Å². The average Bonchev–Trinajstić information content (AvgIpc) is 3.55. The second-order valence-electron chi connectivity index (χ2n) is 7.58. The van der Waals surface area contributed by atoms with E-state index in [4.69, 9.17) is 9.84 Å². The summed E-state index contributed by atoms with van der Waals surface area (Å²) in [5, 5.41) is 11.9. The lowest BCUT2D eigenvalue weighted by Gasteiger charge is -2.31. The Hall–Kier alpha value is -2.16. The largest absolute Gasteiger partial charge is 0.477 e. The average molecular weight is 430 g/mol. The van der Waals surface area contributed by atoms with Gasteiger partial charge in [0.2, 0.25) is 5.88 Å². The number of aromatic nitrogens is 1. The Bertz CT molecular complexity index is 759. The SMILES string of the molecule is CCC(=O)C(CC)(CC)NC(=O)c1ccc(C2CC2)c(OCC[C@H](O)C(F)(F)F)n1. The summed E-state index contributed by atoms with van der Waals surface area (Å²) in [5.74, 6) is -0.319. The molecule has 0 saturated heterocycles. The van der Waals surface area contributed by atoms with Crippen molar-refractivity contribution in [1.29, 1.82) is 0 Å². The van der Waals surface area contributed by atoms with Crippen LogP contribution in [0.5, 0.6) is 5.88 Å². The molecule has 1 aliphatic carbocycles. The van der Waals surface area contributed by atoms with Crippen LogP contribution < -0.4 is 10.1 Å². The van der Waals surface area contributed by atoms with Gasteiger partial charge in [-0.2, -0.15) is 13.2 Å². The zero-order chi connectivity index (χ0) is 22.5. The smallest absolute Gasteiger partial charge is 0.414 e. The Morgan fingerprint density at radius 2 is 1.87 bits per heavy atom. The minimum absolute atomic E-state index is 0.0287. The van der Waals surface area contributed by atoms with Gasteiger partial charge in [0.15, 0.2) is 11.9 Å². The highest BCUT2D eigenvalue weighted by Crippen LogP contribution is 2.43. The first kappa shape index (κ1) is 24.1. The molecule has 9 heteroatoms. The summed E-state index contributed by atoms with van der Waals surface area (Å²) in [6.07, 6.45) is -4.86. The summed E-state index contributed by atoms with van der Waals surface area (Å²) in [6.45, 7) is 4.99. The van der Waals surface area contributed by atoms with Gasteiger partial charge >= 0.3 is 6.18 Å². The van der Waals surface area contributed by atoms with Crippen LogP contribution in [0.3, 0.4) is 0 Å². The van der Waals surface area contributed by atoms with Gasteiger partial charge in [0.1, 0.15) is 5.69 Å². The van der Waals surface area contributed by atoms with Gasteiger partial charge in [0.05, 0.1) is 12.1 Å². The molecule has 2 N–H and O–H groups in total. The number of alkyl halides is 3.